The highest BCUT2D eigenvalue weighted by Gasteiger charge is 2.17. The van der Waals surface area contributed by atoms with Crippen molar-refractivity contribution in [3.05, 3.63) is 0 Å². The van der Waals surface area contributed by atoms with Gasteiger partial charge in [-0.3, -0.25) is 4.52 Å². The maximum absolute atomic E-state index is 10.8. The van der Waals surface area contributed by atoms with Crippen LogP contribution in [0.25, 0.3) is 0 Å². The van der Waals surface area contributed by atoms with Crippen molar-refractivity contribution in [2.75, 3.05) is 6.61 Å². The van der Waals surface area contributed by atoms with Gasteiger partial charge in [0.25, 0.3) is 0 Å². The Morgan fingerprint density at radius 2 is 1.24 bits per heavy atom. The van der Waals surface area contributed by atoms with Crippen LogP contribution in [0.1, 0.15) is 90.9 Å². The number of rotatable bonds is 15. The Balaban J connectivity index is 3.79. The van der Waals surface area contributed by atoms with Gasteiger partial charge < -0.3 is 9.79 Å². The fraction of sp³-hybridized carbons (Fsp3) is 1.00. The summed E-state index contributed by atoms with van der Waals surface area (Å²) in [6.45, 7) is 4.59. The monoisotopic (exact) mass is 322 g/mol. The van der Waals surface area contributed by atoms with E-state index in [2.05, 4.69) is 13.8 Å². The molecule has 0 radical (unpaired) electrons. The first-order valence-corrected chi connectivity index (χ1v) is 10.2. The zero-order valence-corrected chi connectivity index (χ0v) is 14.8. The van der Waals surface area contributed by atoms with E-state index in [-0.39, 0.29) is 6.61 Å². The Kier molecular flexibility index (Phi) is 13.8. The Labute approximate surface area is 130 Å². The van der Waals surface area contributed by atoms with E-state index in [1.165, 1.54) is 51.4 Å². The van der Waals surface area contributed by atoms with Crippen molar-refractivity contribution in [1.82, 2.24) is 0 Å². The molecule has 0 aliphatic rings. The van der Waals surface area contributed by atoms with Crippen molar-refractivity contribution >= 4 is 7.82 Å². The summed E-state index contributed by atoms with van der Waals surface area (Å²) in [5, 5.41) is 0. The molecule has 0 saturated heterocycles. The van der Waals surface area contributed by atoms with E-state index in [9.17, 15) is 4.57 Å². The maximum Gasteiger partial charge on any atom is 0.469 e. The SMILES string of the molecule is CCCCCCCCCC(CCCCC)COP(=O)(O)O. The van der Waals surface area contributed by atoms with E-state index in [1.807, 2.05) is 0 Å². The average Bonchev–Trinajstić information content (AvgIpc) is 2.42. The smallest absolute Gasteiger partial charge is 0.303 e. The van der Waals surface area contributed by atoms with E-state index < -0.39 is 7.82 Å². The maximum atomic E-state index is 10.8. The number of phosphoric acid groups is 1. The lowest BCUT2D eigenvalue weighted by Gasteiger charge is -2.17. The molecule has 0 amide bonds. The highest BCUT2D eigenvalue weighted by molar-refractivity contribution is 7.46. The zero-order valence-electron chi connectivity index (χ0n) is 13.9. The van der Waals surface area contributed by atoms with E-state index in [0.717, 1.165) is 25.7 Å². The molecule has 0 bridgehead atoms. The molecule has 0 rings (SSSR count). The van der Waals surface area contributed by atoms with Crippen molar-refractivity contribution in [2.24, 2.45) is 5.92 Å². The fourth-order valence-electron chi connectivity index (χ4n) is 2.59. The summed E-state index contributed by atoms with van der Waals surface area (Å²) < 4.78 is 15.5. The van der Waals surface area contributed by atoms with Crippen molar-refractivity contribution in [1.29, 1.82) is 0 Å². The second kappa shape index (κ2) is 13.8. The van der Waals surface area contributed by atoms with Crippen LogP contribution in [0, 0.1) is 5.92 Å². The van der Waals surface area contributed by atoms with E-state index in [0.29, 0.717) is 5.92 Å². The Morgan fingerprint density at radius 3 is 1.76 bits per heavy atom. The van der Waals surface area contributed by atoms with Crippen LogP contribution in [0.3, 0.4) is 0 Å². The standard InChI is InChI=1S/C16H35O4P/c1-3-5-7-8-9-10-12-14-16(13-11-6-4-2)15-20-21(17,18)19/h16H,3-15H2,1-2H3,(H2,17,18,19). The molecule has 5 heteroatoms. The quantitative estimate of drug-likeness (QED) is 0.311. The molecule has 0 fully saturated rings. The summed E-state index contributed by atoms with van der Waals surface area (Å²) in [6, 6.07) is 0. The number of hydrogen-bond acceptors (Lipinski definition) is 2. The van der Waals surface area contributed by atoms with Gasteiger partial charge in [0.2, 0.25) is 0 Å². The van der Waals surface area contributed by atoms with Crippen LogP contribution < -0.4 is 0 Å². The van der Waals surface area contributed by atoms with Gasteiger partial charge >= 0.3 is 7.82 Å². The third-order valence-corrected chi connectivity index (χ3v) is 4.40. The van der Waals surface area contributed by atoms with Gasteiger partial charge in [0.05, 0.1) is 6.61 Å². The highest BCUT2D eigenvalue weighted by atomic mass is 31.2. The first-order chi connectivity index (χ1) is 9.99. The third-order valence-electron chi connectivity index (χ3n) is 3.91. The molecule has 2 N–H and O–H groups in total. The predicted octanol–water partition coefficient (Wildman–Crippen LogP) is 5.43. The molecule has 0 aromatic rings. The molecule has 0 saturated carbocycles. The first kappa shape index (κ1) is 21.1. The molecule has 0 spiro atoms. The van der Waals surface area contributed by atoms with E-state index in [1.54, 1.807) is 0 Å². The summed E-state index contributed by atoms with van der Waals surface area (Å²) in [6.07, 6.45) is 14.4. The molecule has 0 aliphatic heterocycles. The Morgan fingerprint density at radius 1 is 0.810 bits per heavy atom. The van der Waals surface area contributed by atoms with Gasteiger partial charge in [-0.25, -0.2) is 4.57 Å². The van der Waals surface area contributed by atoms with Gasteiger partial charge in [-0.1, -0.05) is 78.1 Å². The molecule has 0 aromatic heterocycles. The minimum absolute atomic E-state index is 0.198. The van der Waals surface area contributed by atoms with Crippen LogP contribution in [-0.4, -0.2) is 16.4 Å². The van der Waals surface area contributed by atoms with Crippen LogP contribution in [0.2, 0.25) is 0 Å². The van der Waals surface area contributed by atoms with Crippen LogP contribution in [0.4, 0.5) is 0 Å². The summed E-state index contributed by atoms with van der Waals surface area (Å²) >= 11 is 0. The molecule has 21 heavy (non-hydrogen) atoms. The van der Waals surface area contributed by atoms with Gasteiger partial charge in [-0.2, -0.15) is 0 Å². The molecule has 0 aliphatic carbocycles. The molecular formula is C16H35O4P. The predicted molar refractivity (Wildman–Crippen MR) is 88.2 cm³/mol. The molecule has 128 valence electrons. The van der Waals surface area contributed by atoms with Crippen molar-refractivity contribution in [3.8, 4) is 0 Å². The lowest BCUT2D eigenvalue weighted by Crippen LogP contribution is -2.09. The summed E-state index contributed by atoms with van der Waals surface area (Å²) in [5.74, 6) is 0.291. The van der Waals surface area contributed by atoms with Gasteiger partial charge in [0.15, 0.2) is 0 Å². The first-order valence-electron chi connectivity index (χ1n) is 8.69. The second-order valence-electron chi connectivity index (χ2n) is 6.06. The van der Waals surface area contributed by atoms with Crippen molar-refractivity contribution in [3.63, 3.8) is 0 Å². The minimum atomic E-state index is -4.32. The van der Waals surface area contributed by atoms with Gasteiger partial charge in [-0.05, 0) is 18.8 Å². The van der Waals surface area contributed by atoms with E-state index >= 15 is 0 Å². The number of hydrogen-bond donors (Lipinski definition) is 2. The summed E-state index contributed by atoms with van der Waals surface area (Å²) in [7, 11) is -4.32. The lowest BCUT2D eigenvalue weighted by atomic mass is 9.95. The lowest BCUT2D eigenvalue weighted by molar-refractivity contribution is 0.157. The van der Waals surface area contributed by atoms with Crippen molar-refractivity contribution < 1.29 is 18.9 Å². The third kappa shape index (κ3) is 16.3. The van der Waals surface area contributed by atoms with Crippen LogP contribution in [-0.2, 0) is 9.09 Å². The largest absolute Gasteiger partial charge is 0.469 e. The fourth-order valence-corrected chi connectivity index (χ4v) is 2.99. The molecular weight excluding hydrogens is 287 g/mol. The zero-order chi connectivity index (χ0) is 16.0. The van der Waals surface area contributed by atoms with E-state index in [4.69, 9.17) is 14.3 Å². The molecule has 0 aromatic carbocycles. The second-order valence-corrected chi connectivity index (χ2v) is 7.30. The normalized spacial score (nSPS) is 13.5. The number of phosphoric ester groups is 1. The van der Waals surface area contributed by atoms with Crippen LogP contribution in [0.5, 0.6) is 0 Å². The molecule has 0 heterocycles. The topological polar surface area (TPSA) is 66.8 Å². The van der Waals surface area contributed by atoms with Crippen LogP contribution >= 0.6 is 7.82 Å². The molecule has 1 unspecified atom stereocenters. The van der Waals surface area contributed by atoms with Gasteiger partial charge in [0, 0.05) is 0 Å². The highest BCUT2D eigenvalue weighted by Crippen LogP contribution is 2.37. The summed E-state index contributed by atoms with van der Waals surface area (Å²) in [5.41, 5.74) is 0. The Hall–Kier alpha value is 0.110. The Bertz CT molecular complexity index is 265. The van der Waals surface area contributed by atoms with Gasteiger partial charge in [-0.15, -0.1) is 0 Å². The van der Waals surface area contributed by atoms with Gasteiger partial charge in [0.1, 0.15) is 0 Å². The minimum Gasteiger partial charge on any atom is -0.303 e. The van der Waals surface area contributed by atoms with Crippen LogP contribution in [0.15, 0.2) is 0 Å². The average molecular weight is 322 g/mol. The molecule has 1 atom stereocenters. The number of unbranched alkanes of at least 4 members (excludes halogenated alkanes) is 8. The van der Waals surface area contributed by atoms with Crippen molar-refractivity contribution in [2.45, 2.75) is 90.9 Å². The summed E-state index contributed by atoms with van der Waals surface area (Å²) in [4.78, 5) is 17.6. The molecule has 4 nitrogen and oxygen atoms in total.